The highest BCUT2D eigenvalue weighted by molar-refractivity contribution is 5.94. The van der Waals surface area contributed by atoms with Crippen LogP contribution in [0.5, 0.6) is 0 Å². The van der Waals surface area contributed by atoms with Gasteiger partial charge in [-0.3, -0.25) is 9.69 Å². The van der Waals surface area contributed by atoms with Crippen molar-refractivity contribution in [3.05, 3.63) is 35.4 Å². The minimum absolute atomic E-state index is 0.206. The van der Waals surface area contributed by atoms with Gasteiger partial charge < -0.3 is 9.80 Å². The molecular weight excluding hydrogens is 322 g/mol. The summed E-state index contributed by atoms with van der Waals surface area (Å²) in [5.74, 6) is 2.02. The van der Waals surface area contributed by atoms with Gasteiger partial charge >= 0.3 is 0 Å². The molecule has 1 unspecified atom stereocenters. The van der Waals surface area contributed by atoms with Crippen LogP contribution in [0.4, 0.5) is 0 Å². The Morgan fingerprint density at radius 2 is 1.58 bits per heavy atom. The minimum atomic E-state index is 0.206. The zero-order valence-electron chi connectivity index (χ0n) is 16.2. The molecule has 3 aliphatic heterocycles. The highest BCUT2D eigenvalue weighted by atomic mass is 16.2. The summed E-state index contributed by atoms with van der Waals surface area (Å²) in [4.78, 5) is 19.5. The average molecular weight is 356 g/mol. The molecule has 0 N–H and O–H groups in total. The Labute approximate surface area is 158 Å². The molecule has 0 saturated carbocycles. The van der Waals surface area contributed by atoms with Crippen molar-refractivity contribution in [2.24, 2.45) is 11.8 Å². The summed E-state index contributed by atoms with van der Waals surface area (Å²) in [5.41, 5.74) is 2.19. The predicted octanol–water partition coefficient (Wildman–Crippen LogP) is 3.09. The molecule has 4 nitrogen and oxygen atoms in total. The minimum Gasteiger partial charge on any atom is -0.339 e. The normalized spacial score (nSPS) is 25.9. The average Bonchev–Trinajstić information content (AvgIpc) is 3.35. The molecule has 3 fully saturated rings. The van der Waals surface area contributed by atoms with Crippen molar-refractivity contribution < 1.29 is 4.79 Å². The molecule has 0 radical (unpaired) electrons. The third-order valence-electron chi connectivity index (χ3n) is 6.74. The SMILES string of the molecule is CN1CCC(C2CCN(Cc3ccc(C(=O)N4CCCC4)cc3)C2)CC1. The summed E-state index contributed by atoms with van der Waals surface area (Å²) in [6.45, 7) is 7.90. The Balaban J connectivity index is 1.28. The van der Waals surface area contributed by atoms with E-state index in [9.17, 15) is 4.79 Å². The van der Waals surface area contributed by atoms with Gasteiger partial charge in [-0.25, -0.2) is 0 Å². The summed E-state index contributed by atoms with van der Waals surface area (Å²) in [7, 11) is 2.25. The predicted molar refractivity (Wildman–Crippen MR) is 105 cm³/mol. The van der Waals surface area contributed by atoms with Crippen LogP contribution in [0.25, 0.3) is 0 Å². The van der Waals surface area contributed by atoms with Gasteiger partial charge in [0.25, 0.3) is 5.91 Å². The Morgan fingerprint density at radius 1 is 0.923 bits per heavy atom. The van der Waals surface area contributed by atoms with Crippen LogP contribution in [0.15, 0.2) is 24.3 Å². The lowest BCUT2D eigenvalue weighted by Crippen LogP contribution is -2.34. The van der Waals surface area contributed by atoms with E-state index in [4.69, 9.17) is 0 Å². The van der Waals surface area contributed by atoms with E-state index in [1.165, 1.54) is 51.0 Å². The van der Waals surface area contributed by atoms with Gasteiger partial charge in [0.05, 0.1) is 0 Å². The first kappa shape index (κ1) is 18.0. The molecular formula is C22H33N3O. The van der Waals surface area contributed by atoms with Gasteiger partial charge in [0, 0.05) is 31.7 Å². The summed E-state index contributed by atoms with van der Waals surface area (Å²) in [6, 6.07) is 8.37. The number of hydrogen-bond acceptors (Lipinski definition) is 3. The molecule has 1 aromatic rings. The second-order valence-corrected chi connectivity index (χ2v) is 8.62. The van der Waals surface area contributed by atoms with Crippen molar-refractivity contribution in [1.82, 2.24) is 14.7 Å². The molecule has 0 bridgehead atoms. The number of nitrogens with zero attached hydrogens (tertiary/aromatic N) is 3. The number of carbonyl (C=O) groups excluding carboxylic acids is 1. The Morgan fingerprint density at radius 3 is 2.27 bits per heavy atom. The number of benzene rings is 1. The van der Waals surface area contributed by atoms with Gasteiger partial charge in [-0.2, -0.15) is 0 Å². The molecule has 0 spiro atoms. The van der Waals surface area contributed by atoms with E-state index in [2.05, 4.69) is 29.0 Å². The zero-order chi connectivity index (χ0) is 17.9. The second-order valence-electron chi connectivity index (χ2n) is 8.62. The van der Waals surface area contributed by atoms with E-state index in [0.717, 1.165) is 49.9 Å². The largest absolute Gasteiger partial charge is 0.339 e. The lowest BCUT2D eigenvalue weighted by molar-refractivity contribution is 0.0793. The van der Waals surface area contributed by atoms with Gasteiger partial charge in [0.1, 0.15) is 0 Å². The van der Waals surface area contributed by atoms with Crippen LogP contribution in [-0.4, -0.2) is 66.9 Å². The maximum absolute atomic E-state index is 12.5. The van der Waals surface area contributed by atoms with Crippen LogP contribution in [0.3, 0.4) is 0 Å². The molecule has 26 heavy (non-hydrogen) atoms. The van der Waals surface area contributed by atoms with Crippen molar-refractivity contribution in [2.75, 3.05) is 46.3 Å². The molecule has 1 atom stereocenters. The Bertz CT molecular complexity index is 600. The second kappa shape index (κ2) is 8.10. The van der Waals surface area contributed by atoms with Crippen molar-refractivity contribution >= 4 is 5.91 Å². The molecule has 142 valence electrons. The highest BCUT2D eigenvalue weighted by Crippen LogP contribution is 2.32. The fourth-order valence-electron chi connectivity index (χ4n) is 5.00. The van der Waals surface area contributed by atoms with Gasteiger partial charge in [0.15, 0.2) is 0 Å². The van der Waals surface area contributed by atoms with Crippen LogP contribution in [-0.2, 0) is 6.54 Å². The maximum Gasteiger partial charge on any atom is 0.253 e. The molecule has 1 amide bonds. The van der Waals surface area contributed by atoms with Crippen LogP contribution >= 0.6 is 0 Å². The Kier molecular flexibility index (Phi) is 5.60. The zero-order valence-corrected chi connectivity index (χ0v) is 16.2. The Hall–Kier alpha value is -1.39. The smallest absolute Gasteiger partial charge is 0.253 e. The van der Waals surface area contributed by atoms with Gasteiger partial charge in [-0.1, -0.05) is 12.1 Å². The van der Waals surface area contributed by atoms with Crippen LogP contribution < -0.4 is 0 Å². The first-order chi connectivity index (χ1) is 12.7. The molecule has 4 heteroatoms. The van der Waals surface area contributed by atoms with E-state index in [-0.39, 0.29) is 5.91 Å². The number of hydrogen-bond donors (Lipinski definition) is 0. The van der Waals surface area contributed by atoms with Crippen molar-refractivity contribution in [1.29, 1.82) is 0 Å². The number of carbonyl (C=O) groups is 1. The lowest BCUT2D eigenvalue weighted by atomic mass is 9.84. The van der Waals surface area contributed by atoms with E-state index in [1.807, 2.05) is 17.0 Å². The summed E-state index contributed by atoms with van der Waals surface area (Å²) >= 11 is 0. The maximum atomic E-state index is 12.5. The molecule has 3 saturated heterocycles. The third-order valence-corrected chi connectivity index (χ3v) is 6.74. The summed E-state index contributed by atoms with van der Waals surface area (Å²) in [6.07, 6.45) is 6.42. The number of likely N-dealkylation sites (tertiary alicyclic amines) is 3. The first-order valence-corrected chi connectivity index (χ1v) is 10.5. The van der Waals surface area contributed by atoms with E-state index in [1.54, 1.807) is 0 Å². The number of rotatable bonds is 4. The van der Waals surface area contributed by atoms with Crippen molar-refractivity contribution in [3.63, 3.8) is 0 Å². The van der Waals surface area contributed by atoms with Crippen molar-refractivity contribution in [2.45, 2.75) is 38.6 Å². The first-order valence-electron chi connectivity index (χ1n) is 10.5. The van der Waals surface area contributed by atoms with Gasteiger partial charge in [-0.15, -0.1) is 0 Å². The highest BCUT2D eigenvalue weighted by Gasteiger charge is 2.31. The molecule has 1 aromatic carbocycles. The van der Waals surface area contributed by atoms with Crippen molar-refractivity contribution in [3.8, 4) is 0 Å². The van der Waals surface area contributed by atoms with E-state index in [0.29, 0.717) is 0 Å². The number of amides is 1. The van der Waals surface area contributed by atoms with E-state index < -0.39 is 0 Å². The molecule has 4 rings (SSSR count). The monoisotopic (exact) mass is 355 g/mol. The summed E-state index contributed by atoms with van der Waals surface area (Å²) in [5, 5.41) is 0. The quantitative estimate of drug-likeness (QED) is 0.830. The topological polar surface area (TPSA) is 26.8 Å². The fourth-order valence-corrected chi connectivity index (χ4v) is 5.00. The van der Waals surface area contributed by atoms with Gasteiger partial charge in [0.2, 0.25) is 0 Å². The standard InChI is InChI=1S/C22H33N3O/c1-23-13-8-19(9-14-23)21-10-15-24(17-21)16-18-4-6-20(7-5-18)22(26)25-11-2-3-12-25/h4-7,19,21H,2-3,8-17H2,1H3. The lowest BCUT2D eigenvalue weighted by Gasteiger charge is -2.32. The van der Waals surface area contributed by atoms with Crippen LogP contribution in [0.1, 0.15) is 48.0 Å². The van der Waals surface area contributed by atoms with Crippen LogP contribution in [0, 0.1) is 11.8 Å². The van der Waals surface area contributed by atoms with E-state index >= 15 is 0 Å². The summed E-state index contributed by atoms with van der Waals surface area (Å²) < 4.78 is 0. The molecule has 3 heterocycles. The fraction of sp³-hybridized carbons (Fsp3) is 0.682. The molecule has 0 aliphatic carbocycles. The van der Waals surface area contributed by atoms with Gasteiger partial charge in [-0.05, 0) is 88.3 Å². The molecule has 0 aromatic heterocycles. The van der Waals surface area contributed by atoms with Crippen LogP contribution in [0.2, 0.25) is 0 Å². The molecule has 3 aliphatic rings. The number of piperidine rings is 1. The third kappa shape index (κ3) is 4.12.